The Kier molecular flexibility index (Phi) is 5.36. The summed E-state index contributed by atoms with van der Waals surface area (Å²) in [4.78, 5) is 26.4. The van der Waals surface area contributed by atoms with Crippen molar-refractivity contribution < 1.29 is 19.1 Å². The van der Waals surface area contributed by atoms with Gasteiger partial charge in [0.05, 0.1) is 12.7 Å². The van der Waals surface area contributed by atoms with E-state index in [1.807, 2.05) is 12.1 Å². The molecule has 29 heavy (non-hydrogen) atoms. The molecule has 1 saturated heterocycles. The van der Waals surface area contributed by atoms with Gasteiger partial charge in [-0.3, -0.25) is 9.69 Å². The molecule has 0 aromatic heterocycles. The standard InChI is InChI=1S/C23H24N2O4/c1-28-21(26)10-8-17-7-9-20-19(15-17)22(27)24-23(29-20)11-13-25(14-12-23)16-18-5-3-2-4-6-18/h2-10,15H,11-14,16H2,1H3,(H,24,27)/b10-8+. The summed E-state index contributed by atoms with van der Waals surface area (Å²) in [6, 6.07) is 15.7. The van der Waals surface area contributed by atoms with Crippen LogP contribution in [0.1, 0.15) is 34.3 Å². The Hall–Kier alpha value is -3.12. The van der Waals surface area contributed by atoms with Crippen molar-refractivity contribution in [1.82, 2.24) is 10.2 Å². The van der Waals surface area contributed by atoms with Crippen LogP contribution in [0.3, 0.4) is 0 Å². The number of ether oxygens (including phenoxy) is 2. The van der Waals surface area contributed by atoms with Crippen LogP contribution >= 0.6 is 0 Å². The molecular weight excluding hydrogens is 368 g/mol. The van der Waals surface area contributed by atoms with E-state index in [9.17, 15) is 9.59 Å². The predicted molar refractivity (Wildman–Crippen MR) is 109 cm³/mol. The molecular formula is C23H24N2O4. The third kappa shape index (κ3) is 4.32. The van der Waals surface area contributed by atoms with Crippen LogP contribution in [-0.2, 0) is 16.1 Å². The van der Waals surface area contributed by atoms with Gasteiger partial charge in [-0.25, -0.2) is 4.79 Å². The highest BCUT2D eigenvalue weighted by Gasteiger charge is 2.42. The first-order chi connectivity index (χ1) is 14.1. The van der Waals surface area contributed by atoms with Crippen LogP contribution in [0.15, 0.2) is 54.6 Å². The topological polar surface area (TPSA) is 67.9 Å². The Bertz CT molecular complexity index is 931. The summed E-state index contributed by atoms with van der Waals surface area (Å²) in [5, 5.41) is 3.07. The second kappa shape index (κ2) is 8.09. The Morgan fingerprint density at radius 3 is 2.69 bits per heavy atom. The molecule has 0 saturated carbocycles. The molecule has 6 heteroatoms. The summed E-state index contributed by atoms with van der Waals surface area (Å²) >= 11 is 0. The fourth-order valence-corrected chi connectivity index (χ4v) is 3.80. The van der Waals surface area contributed by atoms with E-state index in [0.29, 0.717) is 11.3 Å². The number of carbonyl (C=O) groups excluding carboxylic acids is 2. The first kappa shape index (κ1) is 19.2. The van der Waals surface area contributed by atoms with Crippen molar-refractivity contribution in [2.75, 3.05) is 20.2 Å². The van der Waals surface area contributed by atoms with Gasteiger partial charge in [0.1, 0.15) is 5.75 Å². The van der Waals surface area contributed by atoms with Crippen molar-refractivity contribution in [2.45, 2.75) is 25.1 Å². The zero-order valence-corrected chi connectivity index (χ0v) is 16.4. The maximum Gasteiger partial charge on any atom is 0.330 e. The lowest BCUT2D eigenvalue weighted by Crippen LogP contribution is -2.60. The van der Waals surface area contributed by atoms with Crippen molar-refractivity contribution in [3.63, 3.8) is 0 Å². The lowest BCUT2D eigenvalue weighted by molar-refractivity contribution is -0.134. The number of nitrogens with zero attached hydrogens (tertiary/aromatic N) is 1. The van der Waals surface area contributed by atoms with Gasteiger partial charge in [-0.15, -0.1) is 0 Å². The number of hydrogen-bond donors (Lipinski definition) is 1. The summed E-state index contributed by atoms with van der Waals surface area (Å²) in [6.45, 7) is 2.60. The molecule has 2 aliphatic rings. The van der Waals surface area contributed by atoms with E-state index in [0.717, 1.165) is 38.0 Å². The van der Waals surface area contributed by atoms with E-state index in [1.165, 1.54) is 18.7 Å². The molecule has 2 aromatic carbocycles. The molecule has 2 aliphatic heterocycles. The molecule has 2 heterocycles. The molecule has 0 atom stereocenters. The lowest BCUT2D eigenvalue weighted by Gasteiger charge is -2.44. The number of hydrogen-bond acceptors (Lipinski definition) is 5. The highest BCUT2D eigenvalue weighted by molar-refractivity contribution is 5.99. The van der Waals surface area contributed by atoms with E-state index in [4.69, 9.17) is 4.74 Å². The smallest absolute Gasteiger partial charge is 0.330 e. The summed E-state index contributed by atoms with van der Waals surface area (Å²) in [5.41, 5.74) is 1.85. The quantitative estimate of drug-likeness (QED) is 0.640. The van der Waals surface area contributed by atoms with E-state index in [-0.39, 0.29) is 5.91 Å². The number of esters is 1. The highest BCUT2D eigenvalue weighted by Crippen LogP contribution is 2.34. The monoisotopic (exact) mass is 392 g/mol. The zero-order valence-electron chi connectivity index (χ0n) is 16.4. The lowest BCUT2D eigenvalue weighted by atomic mass is 9.96. The van der Waals surface area contributed by atoms with Gasteiger partial charge in [0.25, 0.3) is 5.91 Å². The van der Waals surface area contributed by atoms with Gasteiger partial charge < -0.3 is 14.8 Å². The van der Waals surface area contributed by atoms with Crippen molar-refractivity contribution in [1.29, 1.82) is 0 Å². The number of amides is 1. The van der Waals surface area contributed by atoms with Gasteiger partial charge in [-0.2, -0.15) is 0 Å². The average molecular weight is 392 g/mol. The van der Waals surface area contributed by atoms with Gasteiger partial charge >= 0.3 is 5.97 Å². The van der Waals surface area contributed by atoms with Gasteiger partial charge in [0.2, 0.25) is 0 Å². The largest absolute Gasteiger partial charge is 0.467 e. The van der Waals surface area contributed by atoms with Crippen LogP contribution in [0, 0.1) is 0 Å². The third-order valence-electron chi connectivity index (χ3n) is 5.42. The molecule has 150 valence electrons. The van der Waals surface area contributed by atoms with Gasteiger partial charge in [-0.1, -0.05) is 36.4 Å². The molecule has 1 fully saturated rings. The maximum absolute atomic E-state index is 12.8. The van der Waals surface area contributed by atoms with Crippen LogP contribution in [0.2, 0.25) is 0 Å². The molecule has 1 N–H and O–H groups in total. The van der Waals surface area contributed by atoms with E-state index in [1.54, 1.807) is 18.2 Å². The minimum Gasteiger partial charge on any atom is -0.467 e. The van der Waals surface area contributed by atoms with Gasteiger partial charge in [-0.05, 0) is 29.3 Å². The van der Waals surface area contributed by atoms with Gasteiger partial charge in [0.15, 0.2) is 5.72 Å². The van der Waals surface area contributed by atoms with E-state index in [2.05, 4.69) is 39.2 Å². The average Bonchev–Trinajstić information content (AvgIpc) is 2.75. The molecule has 0 radical (unpaired) electrons. The maximum atomic E-state index is 12.8. The molecule has 0 unspecified atom stereocenters. The Labute approximate surface area is 170 Å². The third-order valence-corrected chi connectivity index (χ3v) is 5.42. The van der Waals surface area contributed by atoms with Gasteiger partial charge in [0, 0.05) is 38.6 Å². The molecule has 1 amide bonds. The van der Waals surface area contributed by atoms with E-state index >= 15 is 0 Å². The van der Waals surface area contributed by atoms with Crippen LogP contribution < -0.4 is 10.1 Å². The number of benzene rings is 2. The second-order valence-electron chi connectivity index (χ2n) is 7.42. The Morgan fingerprint density at radius 1 is 1.21 bits per heavy atom. The molecule has 0 bridgehead atoms. The van der Waals surface area contributed by atoms with E-state index < -0.39 is 11.7 Å². The second-order valence-corrected chi connectivity index (χ2v) is 7.42. The van der Waals surface area contributed by atoms with Crippen molar-refractivity contribution in [3.8, 4) is 5.75 Å². The van der Waals surface area contributed by atoms with Crippen molar-refractivity contribution in [3.05, 3.63) is 71.3 Å². The highest BCUT2D eigenvalue weighted by atomic mass is 16.5. The first-order valence-corrected chi connectivity index (χ1v) is 9.75. The van der Waals surface area contributed by atoms with Crippen molar-refractivity contribution >= 4 is 18.0 Å². The number of methoxy groups -OCH3 is 1. The number of nitrogens with one attached hydrogen (secondary N) is 1. The van der Waals surface area contributed by atoms with Crippen LogP contribution in [0.25, 0.3) is 6.08 Å². The molecule has 4 rings (SSSR count). The molecule has 2 aromatic rings. The Morgan fingerprint density at radius 2 is 1.97 bits per heavy atom. The minimum absolute atomic E-state index is 0.143. The number of fused-ring (bicyclic) bond motifs is 1. The fourth-order valence-electron chi connectivity index (χ4n) is 3.80. The SMILES string of the molecule is COC(=O)/C=C/c1ccc2c(c1)C(=O)NC1(CCN(Cc3ccccc3)CC1)O2. The number of piperidine rings is 1. The summed E-state index contributed by atoms with van der Waals surface area (Å²) < 4.78 is 10.9. The first-order valence-electron chi connectivity index (χ1n) is 9.75. The molecule has 1 spiro atoms. The van der Waals surface area contributed by atoms with Crippen LogP contribution in [0.5, 0.6) is 5.75 Å². The fraction of sp³-hybridized carbons (Fsp3) is 0.304. The molecule has 6 nitrogen and oxygen atoms in total. The summed E-state index contributed by atoms with van der Waals surface area (Å²) in [7, 11) is 1.32. The number of rotatable bonds is 4. The molecule has 0 aliphatic carbocycles. The normalized spacial score (nSPS) is 18.2. The van der Waals surface area contributed by atoms with Crippen molar-refractivity contribution in [2.24, 2.45) is 0 Å². The zero-order chi connectivity index (χ0) is 20.3. The summed E-state index contributed by atoms with van der Waals surface area (Å²) in [6.07, 6.45) is 4.41. The number of likely N-dealkylation sites (tertiary alicyclic amines) is 1. The minimum atomic E-state index is -0.652. The Balaban J connectivity index is 1.43. The number of carbonyl (C=O) groups is 2. The van der Waals surface area contributed by atoms with Crippen LogP contribution in [0.4, 0.5) is 0 Å². The predicted octanol–water partition coefficient (Wildman–Crippen LogP) is 2.99. The van der Waals surface area contributed by atoms with Crippen LogP contribution in [-0.4, -0.2) is 42.7 Å². The summed E-state index contributed by atoms with van der Waals surface area (Å²) in [5.74, 6) is 0.00110.